The standard InChI is InChI=1S/C9H11BrN2O2/c1-2-11-9(13)12(14)8-6-4-3-5-7(8)10/h3-6,14H,2H2,1H3,(H,11,13). The number of nitrogens with one attached hydrogen (secondary N) is 1. The van der Waals surface area contributed by atoms with Gasteiger partial charge in [-0.15, -0.1) is 0 Å². The summed E-state index contributed by atoms with van der Waals surface area (Å²) in [6, 6.07) is 6.39. The average molecular weight is 259 g/mol. The van der Waals surface area contributed by atoms with E-state index in [1.807, 2.05) is 0 Å². The molecule has 76 valence electrons. The van der Waals surface area contributed by atoms with E-state index in [-0.39, 0.29) is 0 Å². The van der Waals surface area contributed by atoms with E-state index in [0.717, 1.165) is 0 Å². The van der Waals surface area contributed by atoms with Crippen LogP contribution in [0.1, 0.15) is 6.92 Å². The monoisotopic (exact) mass is 258 g/mol. The quantitative estimate of drug-likeness (QED) is 0.632. The van der Waals surface area contributed by atoms with Crippen LogP contribution in [0.2, 0.25) is 0 Å². The number of urea groups is 1. The van der Waals surface area contributed by atoms with Crippen LogP contribution in [0.5, 0.6) is 0 Å². The lowest BCUT2D eigenvalue weighted by Gasteiger charge is -2.16. The molecule has 4 nitrogen and oxygen atoms in total. The van der Waals surface area contributed by atoms with E-state index in [4.69, 9.17) is 0 Å². The lowest BCUT2D eigenvalue weighted by atomic mass is 10.3. The fourth-order valence-corrected chi connectivity index (χ4v) is 1.41. The molecule has 1 rings (SSSR count). The fraction of sp³-hybridized carbons (Fsp3) is 0.222. The molecule has 0 aliphatic rings. The third-order valence-corrected chi connectivity index (χ3v) is 2.27. The highest BCUT2D eigenvalue weighted by molar-refractivity contribution is 9.10. The average Bonchev–Trinajstić information content (AvgIpc) is 2.18. The third-order valence-electron chi connectivity index (χ3n) is 1.60. The minimum absolute atomic E-state index is 0.415. The van der Waals surface area contributed by atoms with Crippen molar-refractivity contribution in [2.75, 3.05) is 11.6 Å². The smallest absolute Gasteiger partial charge is 0.336 e. The molecule has 0 atom stereocenters. The predicted molar refractivity (Wildman–Crippen MR) is 57.5 cm³/mol. The van der Waals surface area contributed by atoms with Gasteiger partial charge in [0.15, 0.2) is 0 Å². The Morgan fingerprint density at radius 1 is 1.57 bits per heavy atom. The molecule has 5 heteroatoms. The second kappa shape index (κ2) is 4.97. The summed E-state index contributed by atoms with van der Waals surface area (Å²) in [5.41, 5.74) is 0.415. The predicted octanol–water partition coefficient (Wildman–Crippen LogP) is 2.37. The molecule has 2 N–H and O–H groups in total. The van der Waals surface area contributed by atoms with Crippen LogP contribution >= 0.6 is 15.9 Å². The van der Waals surface area contributed by atoms with Crippen molar-refractivity contribution in [3.63, 3.8) is 0 Å². The van der Waals surface area contributed by atoms with E-state index in [2.05, 4.69) is 21.2 Å². The molecule has 0 saturated carbocycles. The Bertz CT molecular complexity index is 330. The number of nitrogens with zero attached hydrogens (tertiary/aromatic N) is 1. The van der Waals surface area contributed by atoms with E-state index in [0.29, 0.717) is 21.8 Å². The van der Waals surface area contributed by atoms with Crippen LogP contribution in [0.15, 0.2) is 28.7 Å². The van der Waals surface area contributed by atoms with Gasteiger partial charge in [-0.25, -0.2) is 4.79 Å². The van der Waals surface area contributed by atoms with E-state index < -0.39 is 6.03 Å². The minimum atomic E-state index is -0.542. The summed E-state index contributed by atoms with van der Waals surface area (Å²) in [5.74, 6) is 0. The van der Waals surface area contributed by atoms with Crippen LogP contribution in [0, 0.1) is 0 Å². The summed E-state index contributed by atoms with van der Waals surface area (Å²) >= 11 is 3.23. The summed E-state index contributed by atoms with van der Waals surface area (Å²) in [6.07, 6.45) is 0. The zero-order valence-electron chi connectivity index (χ0n) is 7.70. The number of hydrogen-bond acceptors (Lipinski definition) is 2. The van der Waals surface area contributed by atoms with Crippen molar-refractivity contribution < 1.29 is 10.0 Å². The Kier molecular flexibility index (Phi) is 3.91. The van der Waals surface area contributed by atoms with Crippen molar-refractivity contribution in [2.45, 2.75) is 6.92 Å². The lowest BCUT2D eigenvalue weighted by Crippen LogP contribution is -2.37. The normalized spacial score (nSPS) is 9.64. The van der Waals surface area contributed by atoms with Gasteiger partial charge in [-0.2, -0.15) is 5.06 Å². The number of hydrogen-bond donors (Lipinski definition) is 2. The van der Waals surface area contributed by atoms with Crippen LogP contribution < -0.4 is 10.4 Å². The SMILES string of the molecule is CCNC(=O)N(O)c1ccccc1Br. The first-order valence-electron chi connectivity index (χ1n) is 4.18. The van der Waals surface area contributed by atoms with Crippen LogP contribution in [-0.4, -0.2) is 17.8 Å². The summed E-state index contributed by atoms with van der Waals surface area (Å²) in [6.45, 7) is 2.26. The number of carbonyl (C=O) groups is 1. The van der Waals surface area contributed by atoms with E-state index in [9.17, 15) is 10.0 Å². The summed E-state index contributed by atoms with van der Waals surface area (Å²) < 4.78 is 0.661. The Balaban J connectivity index is 2.84. The van der Waals surface area contributed by atoms with Gasteiger partial charge in [0.2, 0.25) is 0 Å². The number of anilines is 1. The highest BCUT2D eigenvalue weighted by Gasteiger charge is 2.13. The van der Waals surface area contributed by atoms with Gasteiger partial charge < -0.3 is 5.32 Å². The first-order chi connectivity index (χ1) is 6.66. The van der Waals surface area contributed by atoms with Crippen molar-refractivity contribution in [2.24, 2.45) is 0 Å². The molecule has 0 radical (unpaired) electrons. The second-order valence-electron chi connectivity index (χ2n) is 2.60. The molecule has 0 spiro atoms. The number of halogens is 1. The highest BCUT2D eigenvalue weighted by Crippen LogP contribution is 2.24. The van der Waals surface area contributed by atoms with E-state index in [1.54, 1.807) is 31.2 Å². The lowest BCUT2D eigenvalue weighted by molar-refractivity contribution is 0.205. The van der Waals surface area contributed by atoms with Gasteiger partial charge in [0.1, 0.15) is 0 Å². The van der Waals surface area contributed by atoms with Crippen molar-refractivity contribution in [1.82, 2.24) is 5.32 Å². The zero-order valence-corrected chi connectivity index (χ0v) is 9.28. The molecule has 0 aliphatic carbocycles. The van der Waals surface area contributed by atoms with Gasteiger partial charge in [-0.05, 0) is 35.0 Å². The number of benzene rings is 1. The van der Waals surface area contributed by atoms with Crippen LogP contribution in [0.3, 0.4) is 0 Å². The van der Waals surface area contributed by atoms with Gasteiger partial charge in [-0.1, -0.05) is 12.1 Å². The molecular formula is C9H11BrN2O2. The molecule has 14 heavy (non-hydrogen) atoms. The Morgan fingerprint density at radius 3 is 2.79 bits per heavy atom. The van der Waals surface area contributed by atoms with Gasteiger partial charge in [0.25, 0.3) is 0 Å². The molecule has 0 aromatic heterocycles. The Hall–Kier alpha value is -1.07. The molecule has 1 aromatic rings. The maximum Gasteiger partial charge on any atom is 0.345 e. The maximum absolute atomic E-state index is 11.2. The van der Waals surface area contributed by atoms with Gasteiger partial charge in [0.05, 0.1) is 5.69 Å². The van der Waals surface area contributed by atoms with Crippen molar-refractivity contribution in [3.8, 4) is 0 Å². The topological polar surface area (TPSA) is 52.6 Å². The molecular weight excluding hydrogens is 248 g/mol. The second-order valence-corrected chi connectivity index (χ2v) is 3.45. The largest absolute Gasteiger partial charge is 0.345 e. The minimum Gasteiger partial charge on any atom is -0.336 e. The molecule has 0 heterocycles. The number of hydroxylamine groups is 1. The van der Waals surface area contributed by atoms with Gasteiger partial charge >= 0.3 is 6.03 Å². The van der Waals surface area contributed by atoms with Crippen molar-refractivity contribution in [1.29, 1.82) is 0 Å². The Morgan fingerprint density at radius 2 is 2.21 bits per heavy atom. The number of para-hydroxylation sites is 1. The summed E-state index contributed by atoms with van der Waals surface area (Å²) in [7, 11) is 0. The van der Waals surface area contributed by atoms with E-state index >= 15 is 0 Å². The van der Waals surface area contributed by atoms with Crippen LogP contribution in [0.25, 0.3) is 0 Å². The van der Waals surface area contributed by atoms with Gasteiger partial charge in [-0.3, -0.25) is 5.21 Å². The molecule has 0 fully saturated rings. The highest BCUT2D eigenvalue weighted by atomic mass is 79.9. The molecule has 0 bridgehead atoms. The third kappa shape index (κ3) is 2.46. The van der Waals surface area contributed by atoms with Crippen molar-refractivity contribution in [3.05, 3.63) is 28.7 Å². The first kappa shape index (κ1) is 11.0. The number of rotatable bonds is 2. The summed E-state index contributed by atoms with van der Waals surface area (Å²) in [4.78, 5) is 11.2. The van der Waals surface area contributed by atoms with Crippen molar-refractivity contribution >= 4 is 27.6 Å². The maximum atomic E-state index is 11.2. The zero-order chi connectivity index (χ0) is 10.6. The molecule has 0 aliphatic heterocycles. The Labute approximate surface area is 90.6 Å². The summed E-state index contributed by atoms with van der Waals surface area (Å²) in [5, 5.41) is 12.6. The number of amides is 2. The van der Waals surface area contributed by atoms with E-state index in [1.165, 1.54) is 0 Å². The number of carbonyl (C=O) groups excluding carboxylic acids is 1. The first-order valence-corrected chi connectivity index (χ1v) is 4.97. The van der Waals surface area contributed by atoms with Crippen LogP contribution in [-0.2, 0) is 0 Å². The molecule has 1 aromatic carbocycles. The molecule has 2 amide bonds. The van der Waals surface area contributed by atoms with Crippen LogP contribution in [0.4, 0.5) is 10.5 Å². The fourth-order valence-electron chi connectivity index (χ4n) is 0.959. The van der Waals surface area contributed by atoms with Gasteiger partial charge in [0, 0.05) is 11.0 Å². The molecule has 0 unspecified atom stereocenters. The molecule has 0 saturated heterocycles.